The Morgan fingerprint density at radius 3 is 2.39 bits per heavy atom. The first kappa shape index (κ1) is 23.0. The Balaban J connectivity index is 1.83. The van der Waals surface area contributed by atoms with Crippen LogP contribution in [0.2, 0.25) is 5.02 Å². The van der Waals surface area contributed by atoms with Crippen LogP contribution in [0.5, 0.6) is 0 Å². The lowest BCUT2D eigenvalue weighted by atomic mass is 10.1. The van der Waals surface area contributed by atoms with Gasteiger partial charge in [0.1, 0.15) is 0 Å². The number of hydrogen-bond donors (Lipinski definition) is 2. The van der Waals surface area contributed by atoms with Crippen molar-refractivity contribution in [2.24, 2.45) is 0 Å². The number of carbonyl (C=O) groups excluding carboxylic acids is 1. The van der Waals surface area contributed by atoms with Crippen LogP contribution >= 0.6 is 22.9 Å². The van der Waals surface area contributed by atoms with Gasteiger partial charge in [-0.15, -0.1) is 11.3 Å². The van der Waals surface area contributed by atoms with Crippen LogP contribution in [0.25, 0.3) is 11.3 Å². The highest BCUT2D eigenvalue weighted by Gasteiger charge is 2.30. The number of anilines is 2. The second-order valence-electron chi connectivity index (χ2n) is 6.57. The van der Waals surface area contributed by atoms with Crippen molar-refractivity contribution in [3.8, 4) is 11.3 Å². The zero-order chi connectivity index (χ0) is 23.0. The van der Waals surface area contributed by atoms with E-state index in [-0.39, 0.29) is 16.4 Å². The third-order valence-corrected chi connectivity index (χ3v) is 5.84. The Hall–Kier alpha value is -2.63. The van der Waals surface area contributed by atoms with E-state index in [0.717, 1.165) is 29.9 Å². The van der Waals surface area contributed by atoms with Crippen LogP contribution in [-0.4, -0.2) is 25.6 Å². The molecule has 0 aliphatic carbocycles. The van der Waals surface area contributed by atoms with Crippen LogP contribution in [0, 0.1) is 6.92 Å². The van der Waals surface area contributed by atoms with Crippen LogP contribution in [0.3, 0.4) is 0 Å². The maximum absolute atomic E-state index is 12.7. The first-order valence-electron chi connectivity index (χ1n) is 8.55. The summed E-state index contributed by atoms with van der Waals surface area (Å²) >= 11 is 7.14. The molecule has 2 aromatic heterocycles. The zero-order valence-electron chi connectivity index (χ0n) is 16.0. The lowest BCUT2D eigenvalue weighted by Gasteiger charge is -2.09. The van der Waals surface area contributed by atoms with Gasteiger partial charge in [0.2, 0.25) is 10.0 Å². The molecule has 0 fully saturated rings. The average molecular weight is 490 g/mol. The van der Waals surface area contributed by atoms with Gasteiger partial charge in [0.05, 0.1) is 28.1 Å². The molecule has 0 aliphatic heterocycles. The van der Waals surface area contributed by atoms with Gasteiger partial charge in [-0.1, -0.05) is 11.6 Å². The lowest BCUT2D eigenvalue weighted by Crippen LogP contribution is -2.12. The van der Waals surface area contributed by atoms with Gasteiger partial charge in [0.15, 0.2) is 0 Å². The van der Waals surface area contributed by atoms with Gasteiger partial charge in [-0.05, 0) is 43.3 Å². The molecule has 2 N–H and O–H groups in total. The summed E-state index contributed by atoms with van der Waals surface area (Å²) in [7, 11) is -3.53. The number of rotatable bonds is 5. The van der Waals surface area contributed by atoms with Crippen LogP contribution in [0.4, 0.5) is 24.5 Å². The predicted octanol–water partition coefficient (Wildman–Crippen LogP) is 5.41. The lowest BCUT2D eigenvalue weighted by molar-refractivity contribution is -0.137. The van der Waals surface area contributed by atoms with Crippen molar-refractivity contribution in [3.05, 3.63) is 62.9 Å². The highest BCUT2D eigenvalue weighted by atomic mass is 35.5. The second kappa shape index (κ2) is 8.48. The van der Waals surface area contributed by atoms with Crippen molar-refractivity contribution in [3.63, 3.8) is 0 Å². The molecule has 164 valence electrons. The largest absolute Gasteiger partial charge is 0.417 e. The number of carbonyl (C=O) groups is 1. The van der Waals surface area contributed by atoms with Gasteiger partial charge in [0.25, 0.3) is 5.91 Å². The van der Waals surface area contributed by atoms with E-state index in [1.54, 1.807) is 6.92 Å². The Labute approximate surface area is 185 Å². The minimum Gasteiger partial charge on any atom is -0.321 e. The molecule has 3 rings (SSSR count). The summed E-state index contributed by atoms with van der Waals surface area (Å²) < 4.78 is 63.3. The molecular weight excluding hydrogens is 475 g/mol. The summed E-state index contributed by atoms with van der Waals surface area (Å²) in [6.07, 6.45) is -2.76. The van der Waals surface area contributed by atoms with E-state index >= 15 is 0 Å². The Kier molecular flexibility index (Phi) is 6.30. The molecule has 0 bridgehead atoms. The van der Waals surface area contributed by atoms with E-state index in [2.05, 4.69) is 15.0 Å². The van der Waals surface area contributed by atoms with Gasteiger partial charge in [0, 0.05) is 27.3 Å². The highest BCUT2D eigenvalue weighted by Crippen LogP contribution is 2.33. The van der Waals surface area contributed by atoms with Crippen molar-refractivity contribution < 1.29 is 26.4 Å². The summed E-state index contributed by atoms with van der Waals surface area (Å²) in [5.74, 6) is -0.487. The SMILES string of the molecule is Cc1sc(C(=O)Nc2cc(Cl)cc(NS(C)(=O)=O)c2)cc1-c1ccc(C(F)(F)F)cn1. The summed E-state index contributed by atoms with van der Waals surface area (Å²) in [6.45, 7) is 1.73. The minimum absolute atomic E-state index is 0.183. The number of nitrogens with one attached hydrogen (secondary N) is 2. The first-order chi connectivity index (χ1) is 14.3. The maximum Gasteiger partial charge on any atom is 0.417 e. The molecule has 0 spiro atoms. The normalized spacial score (nSPS) is 11.9. The number of hydrogen-bond acceptors (Lipinski definition) is 5. The smallest absolute Gasteiger partial charge is 0.321 e. The molecule has 2 heterocycles. The van der Waals surface area contributed by atoms with Gasteiger partial charge in [-0.3, -0.25) is 14.5 Å². The van der Waals surface area contributed by atoms with Crippen LogP contribution in [0.15, 0.2) is 42.6 Å². The number of benzene rings is 1. The molecule has 1 aromatic carbocycles. The molecule has 1 amide bonds. The van der Waals surface area contributed by atoms with Crippen molar-refractivity contribution in [2.45, 2.75) is 13.1 Å². The molecule has 0 atom stereocenters. The van der Waals surface area contributed by atoms with Gasteiger partial charge >= 0.3 is 6.18 Å². The van der Waals surface area contributed by atoms with Crippen molar-refractivity contribution in [1.29, 1.82) is 0 Å². The molecule has 12 heteroatoms. The number of pyridine rings is 1. The number of aromatic nitrogens is 1. The van der Waals surface area contributed by atoms with E-state index in [0.29, 0.717) is 21.0 Å². The molecule has 6 nitrogen and oxygen atoms in total. The summed E-state index contributed by atoms with van der Waals surface area (Å²) in [4.78, 5) is 17.5. The van der Waals surface area contributed by atoms with E-state index < -0.39 is 27.7 Å². The second-order valence-corrected chi connectivity index (χ2v) is 10.0. The Bertz CT molecular complexity index is 1240. The number of halogens is 4. The molecule has 31 heavy (non-hydrogen) atoms. The molecular formula is C19H15ClF3N3O3S2. The third kappa shape index (κ3) is 5.96. The zero-order valence-corrected chi connectivity index (χ0v) is 18.4. The van der Waals surface area contributed by atoms with Gasteiger partial charge in [-0.25, -0.2) is 8.42 Å². The number of aryl methyl sites for hydroxylation is 1. The van der Waals surface area contributed by atoms with E-state index in [9.17, 15) is 26.4 Å². The van der Waals surface area contributed by atoms with Gasteiger partial charge < -0.3 is 5.32 Å². The van der Waals surface area contributed by atoms with Crippen molar-refractivity contribution in [2.75, 3.05) is 16.3 Å². The number of amides is 1. The van der Waals surface area contributed by atoms with E-state index in [4.69, 9.17) is 11.6 Å². The van der Waals surface area contributed by atoms with Crippen molar-refractivity contribution >= 4 is 50.2 Å². The summed E-state index contributed by atoms with van der Waals surface area (Å²) in [5, 5.41) is 2.84. The topological polar surface area (TPSA) is 88.2 Å². The molecule has 0 saturated heterocycles. The highest BCUT2D eigenvalue weighted by molar-refractivity contribution is 7.92. The average Bonchev–Trinajstić information content (AvgIpc) is 3.01. The molecule has 0 radical (unpaired) electrons. The van der Waals surface area contributed by atoms with Crippen LogP contribution < -0.4 is 10.0 Å². The number of alkyl halides is 3. The summed E-state index contributed by atoms with van der Waals surface area (Å²) in [6, 6.07) is 7.96. The van der Waals surface area contributed by atoms with Crippen LogP contribution in [-0.2, 0) is 16.2 Å². The monoisotopic (exact) mass is 489 g/mol. The van der Waals surface area contributed by atoms with E-state index in [1.165, 1.54) is 30.3 Å². The van der Waals surface area contributed by atoms with Crippen molar-refractivity contribution in [1.82, 2.24) is 4.98 Å². The van der Waals surface area contributed by atoms with Crippen LogP contribution in [0.1, 0.15) is 20.1 Å². The Morgan fingerprint density at radius 1 is 1.13 bits per heavy atom. The maximum atomic E-state index is 12.7. The third-order valence-electron chi connectivity index (χ3n) is 3.97. The predicted molar refractivity (Wildman–Crippen MR) is 115 cm³/mol. The number of sulfonamides is 1. The summed E-state index contributed by atoms with van der Waals surface area (Å²) in [5.41, 5.74) is 0.436. The molecule has 0 aliphatic rings. The quantitative estimate of drug-likeness (QED) is 0.501. The minimum atomic E-state index is -4.48. The first-order valence-corrected chi connectivity index (χ1v) is 11.6. The fourth-order valence-electron chi connectivity index (χ4n) is 2.70. The molecule has 3 aromatic rings. The molecule has 0 saturated carbocycles. The van der Waals surface area contributed by atoms with Gasteiger partial charge in [-0.2, -0.15) is 13.2 Å². The number of nitrogens with zero attached hydrogens (tertiary/aromatic N) is 1. The standard InChI is InChI=1S/C19H15ClF3N3O3S2/c1-10-15(16-4-3-11(9-24-16)19(21,22)23)8-17(30-10)18(27)25-13-5-12(20)6-14(7-13)26-31(2,28)29/h3-9,26H,1-2H3,(H,25,27). The fraction of sp³-hybridized carbons (Fsp3) is 0.158. The number of thiophene rings is 1. The Morgan fingerprint density at radius 2 is 1.81 bits per heavy atom. The van der Waals surface area contributed by atoms with E-state index in [1.807, 2.05) is 0 Å². The molecule has 0 unspecified atom stereocenters. The fourth-order valence-corrected chi connectivity index (χ4v) is 4.40.